The van der Waals surface area contributed by atoms with Gasteiger partial charge in [0.2, 0.25) is 5.91 Å². The first-order valence-corrected chi connectivity index (χ1v) is 10.5. The van der Waals surface area contributed by atoms with E-state index in [1.807, 2.05) is 4.90 Å². The molecular formula is C21H27FN4O4. The predicted molar refractivity (Wildman–Crippen MR) is 108 cm³/mol. The van der Waals surface area contributed by atoms with Gasteiger partial charge in [0.25, 0.3) is 11.8 Å². The van der Waals surface area contributed by atoms with Crippen molar-refractivity contribution in [2.45, 2.75) is 56.7 Å². The van der Waals surface area contributed by atoms with Crippen molar-refractivity contribution in [3.63, 3.8) is 0 Å². The standard InChI is InChI=1S/C21H27FN4O4/c22-16-11-15(25-9-10-30-12-18(25)27)7-8-17(16)24-21(29)19(20(23)28)26(13-3-1-4-13)14-5-2-6-14/h7-8,11,13-14,19H,1-6,9-10,12H2,(H2,23,28)(H,24,29)/t19-/m1/s1. The van der Waals surface area contributed by atoms with Gasteiger partial charge in [-0.15, -0.1) is 0 Å². The first kappa shape index (κ1) is 20.7. The number of nitrogens with one attached hydrogen (secondary N) is 1. The number of morpholine rings is 1. The summed E-state index contributed by atoms with van der Waals surface area (Å²) in [6.07, 6.45) is 5.87. The van der Waals surface area contributed by atoms with Crippen LogP contribution in [0.2, 0.25) is 0 Å². The van der Waals surface area contributed by atoms with Crippen LogP contribution >= 0.6 is 0 Å². The molecule has 0 radical (unpaired) electrons. The summed E-state index contributed by atoms with van der Waals surface area (Å²) < 4.78 is 19.8. The lowest BCUT2D eigenvalue weighted by atomic mass is 9.83. The van der Waals surface area contributed by atoms with Crippen molar-refractivity contribution in [3.8, 4) is 0 Å². The maximum absolute atomic E-state index is 14.7. The van der Waals surface area contributed by atoms with Gasteiger partial charge < -0.3 is 20.7 Å². The van der Waals surface area contributed by atoms with Gasteiger partial charge in [-0.1, -0.05) is 12.8 Å². The van der Waals surface area contributed by atoms with Crippen molar-refractivity contribution in [1.82, 2.24) is 4.90 Å². The highest BCUT2D eigenvalue weighted by atomic mass is 19.1. The second-order valence-corrected chi connectivity index (χ2v) is 8.17. The molecule has 2 saturated carbocycles. The molecule has 8 nitrogen and oxygen atoms in total. The molecule has 1 heterocycles. The molecule has 4 rings (SSSR count). The van der Waals surface area contributed by atoms with Gasteiger partial charge in [-0.25, -0.2) is 4.39 Å². The fourth-order valence-electron chi connectivity index (χ4n) is 4.27. The predicted octanol–water partition coefficient (Wildman–Crippen LogP) is 1.39. The van der Waals surface area contributed by atoms with Crippen LogP contribution in [0.15, 0.2) is 18.2 Å². The Morgan fingerprint density at radius 1 is 1.20 bits per heavy atom. The second-order valence-electron chi connectivity index (χ2n) is 8.17. The highest BCUT2D eigenvalue weighted by Crippen LogP contribution is 2.35. The molecule has 0 aromatic heterocycles. The normalized spacial score (nSPS) is 21.1. The van der Waals surface area contributed by atoms with Crippen LogP contribution in [0, 0.1) is 5.82 Å². The molecule has 162 valence electrons. The van der Waals surface area contributed by atoms with Crippen LogP contribution in [0.5, 0.6) is 0 Å². The maximum atomic E-state index is 14.7. The Kier molecular flexibility index (Phi) is 6.01. The molecule has 0 bridgehead atoms. The lowest BCUT2D eigenvalue weighted by Gasteiger charge is -2.48. The van der Waals surface area contributed by atoms with Crippen LogP contribution in [0.25, 0.3) is 0 Å². The van der Waals surface area contributed by atoms with Crippen LogP contribution in [0.4, 0.5) is 15.8 Å². The van der Waals surface area contributed by atoms with E-state index in [1.54, 1.807) is 6.07 Å². The summed E-state index contributed by atoms with van der Waals surface area (Å²) >= 11 is 0. The molecule has 1 aromatic carbocycles. The zero-order valence-electron chi connectivity index (χ0n) is 16.8. The van der Waals surface area contributed by atoms with Crippen molar-refractivity contribution in [1.29, 1.82) is 0 Å². The molecule has 1 saturated heterocycles. The van der Waals surface area contributed by atoms with Gasteiger partial charge in [0.15, 0.2) is 6.04 Å². The molecule has 1 atom stereocenters. The summed E-state index contributed by atoms with van der Waals surface area (Å²) in [5.41, 5.74) is 5.96. The zero-order valence-corrected chi connectivity index (χ0v) is 16.8. The van der Waals surface area contributed by atoms with Gasteiger partial charge in [0, 0.05) is 24.3 Å². The molecule has 3 amide bonds. The Bertz CT molecular complexity index is 826. The molecule has 1 aliphatic heterocycles. The molecule has 0 unspecified atom stereocenters. The minimum absolute atomic E-state index is 0.0431. The maximum Gasteiger partial charge on any atom is 0.253 e. The summed E-state index contributed by atoms with van der Waals surface area (Å²) in [6, 6.07) is 3.38. The quantitative estimate of drug-likeness (QED) is 0.651. The number of hydrogen-bond acceptors (Lipinski definition) is 5. The van der Waals surface area contributed by atoms with Crippen LogP contribution in [0.3, 0.4) is 0 Å². The highest BCUT2D eigenvalue weighted by Gasteiger charge is 2.43. The lowest BCUT2D eigenvalue weighted by Crippen LogP contribution is -2.62. The Labute approximate surface area is 174 Å². The van der Waals surface area contributed by atoms with Crippen molar-refractivity contribution in [2.75, 3.05) is 30.0 Å². The summed E-state index contributed by atoms with van der Waals surface area (Å²) in [5.74, 6) is -2.26. The molecule has 3 fully saturated rings. The molecular weight excluding hydrogens is 391 g/mol. The average molecular weight is 418 g/mol. The zero-order chi connectivity index (χ0) is 21.3. The minimum atomic E-state index is -1.12. The van der Waals surface area contributed by atoms with Crippen molar-refractivity contribution < 1.29 is 23.5 Å². The van der Waals surface area contributed by atoms with Gasteiger partial charge in [0.1, 0.15) is 12.4 Å². The molecule has 2 aliphatic carbocycles. The number of nitrogens with zero attached hydrogens (tertiary/aromatic N) is 2. The number of primary amides is 1. The van der Waals surface area contributed by atoms with Crippen molar-refractivity contribution >= 4 is 29.1 Å². The van der Waals surface area contributed by atoms with E-state index < -0.39 is 23.7 Å². The van der Waals surface area contributed by atoms with Crippen LogP contribution < -0.4 is 16.0 Å². The number of carbonyl (C=O) groups is 3. The van der Waals surface area contributed by atoms with Crippen LogP contribution in [-0.2, 0) is 19.1 Å². The number of nitrogens with two attached hydrogens (primary N) is 1. The van der Waals surface area contributed by atoms with E-state index >= 15 is 0 Å². The van der Waals surface area contributed by atoms with Gasteiger partial charge >= 0.3 is 0 Å². The summed E-state index contributed by atoms with van der Waals surface area (Å²) in [4.78, 5) is 40.5. The fraction of sp³-hybridized carbons (Fsp3) is 0.571. The molecule has 3 N–H and O–H groups in total. The van der Waals surface area contributed by atoms with Gasteiger partial charge in [0.05, 0.1) is 12.3 Å². The Morgan fingerprint density at radius 2 is 1.87 bits per heavy atom. The Hall–Kier alpha value is -2.52. The van der Waals surface area contributed by atoms with Gasteiger partial charge in [-0.05, 0) is 43.9 Å². The van der Waals surface area contributed by atoms with E-state index in [9.17, 15) is 18.8 Å². The third-order valence-corrected chi connectivity index (χ3v) is 6.32. The molecule has 30 heavy (non-hydrogen) atoms. The fourth-order valence-corrected chi connectivity index (χ4v) is 4.27. The van der Waals surface area contributed by atoms with Crippen LogP contribution in [0.1, 0.15) is 38.5 Å². The SMILES string of the molecule is NC(=O)[C@H](C(=O)Nc1ccc(N2CCOCC2=O)cc1F)N(C1CCC1)C1CCC1. The van der Waals surface area contributed by atoms with Crippen molar-refractivity contribution in [3.05, 3.63) is 24.0 Å². The van der Waals surface area contributed by atoms with E-state index in [-0.39, 0.29) is 30.3 Å². The third-order valence-electron chi connectivity index (χ3n) is 6.32. The topological polar surface area (TPSA) is 105 Å². The van der Waals surface area contributed by atoms with Crippen molar-refractivity contribution in [2.24, 2.45) is 5.73 Å². The number of amides is 3. The summed E-state index contributed by atoms with van der Waals surface area (Å²) in [6.45, 7) is 0.675. The summed E-state index contributed by atoms with van der Waals surface area (Å²) in [7, 11) is 0. The van der Waals surface area contributed by atoms with Gasteiger partial charge in [-0.2, -0.15) is 0 Å². The number of benzene rings is 1. The van der Waals surface area contributed by atoms with E-state index in [2.05, 4.69) is 5.32 Å². The number of carbonyl (C=O) groups excluding carboxylic acids is 3. The largest absolute Gasteiger partial charge is 0.370 e. The molecule has 0 spiro atoms. The van der Waals surface area contributed by atoms with Gasteiger partial charge in [-0.3, -0.25) is 19.3 Å². The van der Waals surface area contributed by atoms with E-state index in [0.29, 0.717) is 18.8 Å². The molecule has 1 aromatic rings. The van der Waals surface area contributed by atoms with E-state index in [4.69, 9.17) is 10.5 Å². The van der Waals surface area contributed by atoms with Crippen LogP contribution in [-0.4, -0.2) is 60.5 Å². The second kappa shape index (κ2) is 8.69. The summed E-state index contributed by atoms with van der Waals surface area (Å²) in [5, 5.41) is 2.54. The van der Waals surface area contributed by atoms with E-state index in [1.165, 1.54) is 17.0 Å². The molecule has 9 heteroatoms. The highest BCUT2D eigenvalue weighted by molar-refractivity contribution is 6.09. The number of rotatable bonds is 7. The molecule has 3 aliphatic rings. The number of halogens is 1. The first-order chi connectivity index (χ1) is 14.5. The lowest BCUT2D eigenvalue weighted by molar-refractivity contribution is -0.138. The minimum Gasteiger partial charge on any atom is -0.370 e. The monoisotopic (exact) mass is 418 g/mol. The average Bonchev–Trinajstić information content (AvgIpc) is 2.61. The first-order valence-electron chi connectivity index (χ1n) is 10.5. The number of anilines is 2. The number of ether oxygens (including phenoxy) is 1. The Balaban J connectivity index is 1.51. The smallest absolute Gasteiger partial charge is 0.253 e. The number of hydrogen-bond donors (Lipinski definition) is 2. The Morgan fingerprint density at radius 3 is 2.37 bits per heavy atom. The third kappa shape index (κ3) is 4.04. The van der Waals surface area contributed by atoms with E-state index in [0.717, 1.165) is 38.5 Å².